The predicted octanol–water partition coefficient (Wildman–Crippen LogP) is 1.37. The van der Waals surface area contributed by atoms with Crippen molar-refractivity contribution in [2.45, 2.75) is 19.3 Å². The number of carboxylic acid groups (broad SMARTS) is 1. The van der Waals surface area contributed by atoms with Crippen LogP contribution in [0.3, 0.4) is 0 Å². The van der Waals surface area contributed by atoms with Crippen LogP contribution in [-0.4, -0.2) is 11.1 Å². The molecule has 0 aromatic heterocycles. The highest BCUT2D eigenvalue weighted by Gasteiger charge is 2.48. The summed E-state index contributed by atoms with van der Waals surface area (Å²) in [6.07, 6.45) is 8.27. The Labute approximate surface area is 72.0 Å². The number of carboxylic acids is 1. The van der Waals surface area contributed by atoms with E-state index in [0.29, 0.717) is 5.92 Å². The molecule has 0 saturated heterocycles. The number of rotatable bonds is 1. The van der Waals surface area contributed by atoms with Crippen molar-refractivity contribution in [3.05, 3.63) is 0 Å². The molecule has 2 heteroatoms. The average molecular weight is 164 g/mol. The van der Waals surface area contributed by atoms with Crippen LogP contribution in [0.5, 0.6) is 0 Å². The summed E-state index contributed by atoms with van der Waals surface area (Å²) in [4.78, 5) is 10.8. The van der Waals surface area contributed by atoms with Gasteiger partial charge in [-0.25, -0.2) is 0 Å². The summed E-state index contributed by atoms with van der Waals surface area (Å²) in [6.45, 7) is 0. The van der Waals surface area contributed by atoms with E-state index in [0.717, 1.165) is 18.8 Å². The molecule has 12 heavy (non-hydrogen) atoms. The molecule has 4 unspecified atom stereocenters. The van der Waals surface area contributed by atoms with Crippen molar-refractivity contribution in [2.75, 3.05) is 0 Å². The zero-order valence-corrected chi connectivity index (χ0v) is 6.86. The van der Waals surface area contributed by atoms with E-state index < -0.39 is 5.97 Å². The van der Waals surface area contributed by atoms with Crippen molar-refractivity contribution >= 4 is 5.97 Å². The molecule has 0 aromatic carbocycles. The Morgan fingerprint density at radius 1 is 1.33 bits per heavy atom. The first-order valence-corrected chi connectivity index (χ1v) is 4.41. The van der Waals surface area contributed by atoms with Gasteiger partial charge in [0, 0.05) is 5.92 Å². The van der Waals surface area contributed by atoms with E-state index in [1.54, 1.807) is 0 Å². The summed E-state index contributed by atoms with van der Waals surface area (Å²) >= 11 is 0. The molecule has 0 spiro atoms. The van der Waals surface area contributed by atoms with Gasteiger partial charge in [-0.3, -0.25) is 4.79 Å². The summed E-state index contributed by atoms with van der Waals surface area (Å²) in [5.41, 5.74) is 0. The first-order chi connectivity index (χ1) is 5.72. The Bertz CT molecular complexity index is 251. The van der Waals surface area contributed by atoms with Crippen molar-refractivity contribution in [2.24, 2.45) is 23.7 Å². The van der Waals surface area contributed by atoms with E-state index in [9.17, 15) is 4.79 Å². The predicted molar refractivity (Wildman–Crippen MR) is 44.3 cm³/mol. The van der Waals surface area contributed by atoms with Crippen LogP contribution in [-0.2, 0) is 4.79 Å². The van der Waals surface area contributed by atoms with E-state index in [1.165, 1.54) is 6.42 Å². The number of aliphatic carboxylic acids is 1. The van der Waals surface area contributed by atoms with Crippen LogP contribution in [0, 0.1) is 36.0 Å². The van der Waals surface area contributed by atoms with Crippen LogP contribution < -0.4 is 0 Å². The molecule has 2 nitrogen and oxygen atoms in total. The van der Waals surface area contributed by atoms with Gasteiger partial charge in [-0.1, -0.05) is 0 Å². The summed E-state index contributed by atoms with van der Waals surface area (Å²) in [5, 5.41) is 8.88. The Hall–Kier alpha value is -0.970. The van der Waals surface area contributed by atoms with Gasteiger partial charge in [0.25, 0.3) is 0 Å². The van der Waals surface area contributed by atoms with E-state index in [1.807, 2.05) is 0 Å². The Morgan fingerprint density at radius 2 is 2.00 bits per heavy atom. The van der Waals surface area contributed by atoms with Crippen LogP contribution in [0.25, 0.3) is 0 Å². The average Bonchev–Trinajstić information content (AvgIpc) is 2.79. The molecule has 0 heterocycles. The summed E-state index contributed by atoms with van der Waals surface area (Å²) in [7, 11) is 0. The van der Waals surface area contributed by atoms with Crippen molar-refractivity contribution < 1.29 is 9.90 Å². The second-order valence-corrected chi connectivity index (χ2v) is 3.95. The van der Waals surface area contributed by atoms with Gasteiger partial charge < -0.3 is 5.11 Å². The van der Waals surface area contributed by atoms with Crippen LogP contribution >= 0.6 is 0 Å². The minimum Gasteiger partial charge on any atom is -0.481 e. The third-order valence-corrected chi connectivity index (χ3v) is 3.20. The molecule has 1 N–H and O–H groups in total. The standard InChI is InChI=1S/C10H12O2/c1-2-6-3-7-4-8(7)5-9(6)10(11)12/h1,6-9H,3-5H2,(H,11,12). The maximum atomic E-state index is 10.8. The Kier molecular flexibility index (Phi) is 1.61. The normalized spacial score (nSPS) is 44.2. The molecule has 0 radical (unpaired) electrons. The molecule has 2 rings (SSSR count). The fraction of sp³-hybridized carbons (Fsp3) is 0.700. The molecule has 64 valence electrons. The SMILES string of the molecule is C#CC1CC2CC2CC1C(=O)O. The van der Waals surface area contributed by atoms with Crippen molar-refractivity contribution in [3.8, 4) is 12.3 Å². The van der Waals surface area contributed by atoms with Crippen LogP contribution in [0.2, 0.25) is 0 Å². The summed E-state index contributed by atoms with van der Waals surface area (Å²) < 4.78 is 0. The molecule has 0 amide bonds. The number of hydrogen-bond donors (Lipinski definition) is 1. The quantitative estimate of drug-likeness (QED) is 0.594. The van der Waals surface area contributed by atoms with E-state index in [2.05, 4.69) is 5.92 Å². The zero-order chi connectivity index (χ0) is 8.72. The fourth-order valence-corrected chi connectivity index (χ4v) is 2.33. The molecule has 2 fully saturated rings. The minimum atomic E-state index is -0.705. The molecule has 2 saturated carbocycles. The minimum absolute atomic E-state index is 0.00810. The second kappa shape index (κ2) is 2.52. The van der Waals surface area contributed by atoms with Crippen LogP contribution in [0.15, 0.2) is 0 Å². The lowest BCUT2D eigenvalue weighted by Crippen LogP contribution is -2.27. The number of fused-ring (bicyclic) bond motifs is 1. The lowest BCUT2D eigenvalue weighted by Gasteiger charge is -2.23. The van der Waals surface area contributed by atoms with Gasteiger partial charge >= 0.3 is 5.97 Å². The Balaban J connectivity index is 2.09. The third kappa shape index (κ3) is 1.10. The largest absolute Gasteiger partial charge is 0.481 e. The van der Waals surface area contributed by atoms with Crippen LogP contribution in [0.1, 0.15) is 19.3 Å². The number of carbonyl (C=O) groups is 1. The van der Waals surface area contributed by atoms with Crippen LogP contribution in [0.4, 0.5) is 0 Å². The highest BCUT2D eigenvalue weighted by atomic mass is 16.4. The Morgan fingerprint density at radius 3 is 2.58 bits per heavy atom. The van der Waals surface area contributed by atoms with E-state index >= 15 is 0 Å². The molecule has 2 aliphatic carbocycles. The molecule has 4 atom stereocenters. The molecule has 0 bridgehead atoms. The fourth-order valence-electron chi connectivity index (χ4n) is 2.33. The van der Waals surface area contributed by atoms with E-state index in [-0.39, 0.29) is 11.8 Å². The van der Waals surface area contributed by atoms with Gasteiger partial charge in [0.1, 0.15) is 0 Å². The molecular weight excluding hydrogens is 152 g/mol. The lowest BCUT2D eigenvalue weighted by molar-refractivity contribution is -0.144. The molecule has 0 aromatic rings. The number of terminal acetylenes is 1. The molecular formula is C10H12O2. The highest BCUT2D eigenvalue weighted by molar-refractivity contribution is 5.71. The zero-order valence-electron chi connectivity index (χ0n) is 6.86. The van der Waals surface area contributed by atoms with Gasteiger partial charge in [-0.2, -0.15) is 0 Å². The summed E-state index contributed by atoms with van der Waals surface area (Å²) in [5.74, 6) is 3.06. The number of hydrogen-bond acceptors (Lipinski definition) is 1. The van der Waals surface area contributed by atoms with Gasteiger partial charge in [-0.05, 0) is 31.1 Å². The smallest absolute Gasteiger partial charge is 0.307 e. The van der Waals surface area contributed by atoms with Gasteiger partial charge in [-0.15, -0.1) is 12.3 Å². The first kappa shape index (κ1) is 7.67. The van der Waals surface area contributed by atoms with Crippen molar-refractivity contribution in [3.63, 3.8) is 0 Å². The lowest BCUT2D eigenvalue weighted by atomic mass is 9.80. The van der Waals surface area contributed by atoms with Crippen molar-refractivity contribution in [1.29, 1.82) is 0 Å². The van der Waals surface area contributed by atoms with Gasteiger partial charge in [0.05, 0.1) is 5.92 Å². The van der Waals surface area contributed by atoms with E-state index in [4.69, 9.17) is 11.5 Å². The second-order valence-electron chi connectivity index (χ2n) is 3.95. The van der Waals surface area contributed by atoms with Gasteiger partial charge in [0.15, 0.2) is 0 Å². The molecule has 0 aliphatic heterocycles. The van der Waals surface area contributed by atoms with Crippen molar-refractivity contribution in [1.82, 2.24) is 0 Å². The first-order valence-electron chi connectivity index (χ1n) is 4.41. The maximum absolute atomic E-state index is 10.8. The maximum Gasteiger partial charge on any atom is 0.307 e. The monoisotopic (exact) mass is 164 g/mol. The third-order valence-electron chi connectivity index (χ3n) is 3.20. The summed E-state index contributed by atoms with van der Waals surface area (Å²) in [6, 6.07) is 0. The topological polar surface area (TPSA) is 37.3 Å². The highest BCUT2D eigenvalue weighted by Crippen LogP contribution is 2.53. The van der Waals surface area contributed by atoms with Gasteiger partial charge in [0.2, 0.25) is 0 Å². The molecule has 2 aliphatic rings.